The number of furan rings is 1. The lowest BCUT2D eigenvalue weighted by Crippen LogP contribution is -2.26. The number of rotatable bonds is 9. The summed E-state index contributed by atoms with van der Waals surface area (Å²) in [5.41, 5.74) is 11.1. The number of hydrogen-bond donors (Lipinski definition) is 0. The molecule has 0 aliphatic heterocycles. The summed E-state index contributed by atoms with van der Waals surface area (Å²) in [6.07, 6.45) is 6.22. The molecule has 12 rings (SSSR count). The van der Waals surface area contributed by atoms with Crippen molar-refractivity contribution >= 4 is 45.5 Å². The molecule has 12 aromatic rings. The molecule has 4 heterocycles. The molecule has 0 amide bonds. The van der Waals surface area contributed by atoms with Crippen LogP contribution in [0.25, 0.3) is 131 Å². The van der Waals surface area contributed by atoms with Gasteiger partial charge in [0.05, 0.1) is 10.9 Å². The monoisotopic (exact) mass is 887 g/mol. The second-order valence-corrected chi connectivity index (χ2v) is 16.7. The van der Waals surface area contributed by atoms with E-state index in [1.165, 1.54) is 0 Å². The summed E-state index contributed by atoms with van der Waals surface area (Å²) < 4.78 is 8.78. The van der Waals surface area contributed by atoms with Gasteiger partial charge in [0, 0.05) is 60.4 Å². The number of hydrogen-bond acceptors (Lipinski definition) is 7. The average Bonchev–Trinajstić information content (AvgIpc) is 3.94. The van der Waals surface area contributed by atoms with E-state index >= 15 is 0 Å². The Morgan fingerprint density at radius 3 is 1.38 bits per heavy atom. The first-order valence-corrected chi connectivity index (χ1v) is 22.8. The molecule has 0 aliphatic rings. The SMILES string of the molecule is C=c1/c(=C\C=C/C)n(-c2ccc(-c3nc(-c4ccccc4)nc(-c4ccccc4)n3)cc2)c2ccc(-c3ccc4oc5cccc(-c6nc(-c7ccccc7)nc(-c7ccccc7)n6)c5c4c3)cc12. The topological polar surface area (TPSA) is 95.4 Å². The Balaban J connectivity index is 0.951. The van der Waals surface area contributed by atoms with Crippen molar-refractivity contribution in [3.63, 3.8) is 0 Å². The number of benzene rings is 8. The third-order valence-electron chi connectivity index (χ3n) is 12.4. The van der Waals surface area contributed by atoms with Gasteiger partial charge in [0.1, 0.15) is 11.2 Å². The fraction of sp³-hybridized carbons (Fsp3) is 0.0164. The van der Waals surface area contributed by atoms with Crippen molar-refractivity contribution in [2.75, 3.05) is 0 Å². The van der Waals surface area contributed by atoms with Gasteiger partial charge in [0.25, 0.3) is 0 Å². The van der Waals surface area contributed by atoms with Crippen molar-refractivity contribution in [1.29, 1.82) is 0 Å². The van der Waals surface area contributed by atoms with Crippen molar-refractivity contribution < 1.29 is 4.42 Å². The van der Waals surface area contributed by atoms with Crippen molar-refractivity contribution in [1.82, 2.24) is 34.5 Å². The van der Waals surface area contributed by atoms with Crippen molar-refractivity contribution in [3.8, 4) is 85.1 Å². The molecule has 8 heteroatoms. The summed E-state index contributed by atoms with van der Waals surface area (Å²) in [5, 5.41) is 4.89. The molecule has 8 nitrogen and oxygen atoms in total. The zero-order valence-electron chi connectivity index (χ0n) is 37.5. The highest BCUT2D eigenvalue weighted by atomic mass is 16.3. The highest BCUT2D eigenvalue weighted by Gasteiger charge is 2.20. The minimum absolute atomic E-state index is 0.575. The molecule has 0 fully saturated rings. The van der Waals surface area contributed by atoms with E-state index in [0.717, 1.165) is 93.6 Å². The summed E-state index contributed by atoms with van der Waals surface area (Å²) >= 11 is 0. The Labute approximate surface area is 397 Å². The highest BCUT2D eigenvalue weighted by Crippen LogP contribution is 2.39. The fourth-order valence-corrected chi connectivity index (χ4v) is 9.01. The zero-order valence-corrected chi connectivity index (χ0v) is 37.5. The summed E-state index contributed by atoms with van der Waals surface area (Å²) in [6, 6.07) is 67.6. The first kappa shape index (κ1) is 41.1. The third kappa shape index (κ3) is 7.66. The first-order chi connectivity index (χ1) is 34.1. The van der Waals surface area contributed by atoms with E-state index in [-0.39, 0.29) is 0 Å². The van der Waals surface area contributed by atoms with Crippen LogP contribution in [0.4, 0.5) is 0 Å². The Morgan fingerprint density at radius 1 is 0.420 bits per heavy atom. The molecule has 0 bridgehead atoms. The van der Waals surface area contributed by atoms with E-state index in [9.17, 15) is 0 Å². The van der Waals surface area contributed by atoms with Gasteiger partial charge in [-0.3, -0.25) is 0 Å². The van der Waals surface area contributed by atoms with Gasteiger partial charge in [-0.05, 0) is 78.7 Å². The summed E-state index contributed by atoms with van der Waals surface area (Å²) in [7, 11) is 0. The molecule has 69 heavy (non-hydrogen) atoms. The van der Waals surface area contributed by atoms with Crippen LogP contribution in [0.3, 0.4) is 0 Å². The molecule has 0 unspecified atom stereocenters. The fourth-order valence-electron chi connectivity index (χ4n) is 9.01. The van der Waals surface area contributed by atoms with E-state index in [1.54, 1.807) is 0 Å². The molecule has 0 saturated heterocycles. The van der Waals surface area contributed by atoms with Crippen LogP contribution in [0.1, 0.15) is 6.92 Å². The van der Waals surface area contributed by atoms with Gasteiger partial charge in [-0.1, -0.05) is 164 Å². The first-order valence-electron chi connectivity index (χ1n) is 22.8. The number of fused-ring (bicyclic) bond motifs is 4. The van der Waals surface area contributed by atoms with Gasteiger partial charge in [0.2, 0.25) is 0 Å². The van der Waals surface area contributed by atoms with Gasteiger partial charge in [-0.2, -0.15) is 0 Å². The largest absolute Gasteiger partial charge is 0.456 e. The summed E-state index contributed by atoms with van der Waals surface area (Å²) in [4.78, 5) is 29.9. The maximum Gasteiger partial charge on any atom is 0.164 e. The molecular formula is C61H41N7O. The van der Waals surface area contributed by atoms with E-state index in [0.29, 0.717) is 34.9 Å². The second-order valence-electron chi connectivity index (χ2n) is 16.7. The van der Waals surface area contributed by atoms with Crippen molar-refractivity contribution in [2.45, 2.75) is 6.92 Å². The van der Waals surface area contributed by atoms with E-state index in [4.69, 9.17) is 34.3 Å². The number of aromatic nitrogens is 7. The Morgan fingerprint density at radius 2 is 0.870 bits per heavy atom. The molecule has 0 aliphatic carbocycles. The van der Waals surface area contributed by atoms with Crippen LogP contribution in [-0.2, 0) is 0 Å². The molecule has 4 aromatic heterocycles. The summed E-state index contributed by atoms with van der Waals surface area (Å²) in [6.45, 7) is 6.68. The third-order valence-corrected chi connectivity index (χ3v) is 12.4. The van der Waals surface area contributed by atoms with Crippen LogP contribution in [0, 0.1) is 0 Å². The van der Waals surface area contributed by atoms with Crippen molar-refractivity contribution in [3.05, 3.63) is 223 Å². The minimum atomic E-state index is 0.575. The van der Waals surface area contributed by atoms with Gasteiger partial charge in [0.15, 0.2) is 34.9 Å². The molecule has 0 saturated carbocycles. The number of allylic oxidation sites excluding steroid dienone is 2. The lowest BCUT2D eigenvalue weighted by Gasteiger charge is -2.11. The average molecular weight is 888 g/mol. The standard InChI is InChI=1S/C61H41N7O/c1-3-4-27-51-39(2)49-37-45(31-35-52(49)68(51)47-33-29-44(30-34-47)60-63-56(40-18-9-5-10-19-40)62-57(64-60)41-20-11-6-12-21-41)46-32-36-53-50(38-46)55-48(26-17-28-54(55)69-53)61-66-58(42-22-13-7-14-23-42)65-59(67-61)43-24-15-8-16-25-43/h3-38H,2H2,1H3/b4-3-,51-27+. The predicted octanol–water partition coefficient (Wildman–Crippen LogP) is 13.3. The Hall–Kier alpha value is -9.40. The lowest BCUT2D eigenvalue weighted by molar-refractivity contribution is 0.669. The van der Waals surface area contributed by atoms with E-state index < -0.39 is 0 Å². The quantitative estimate of drug-likeness (QED) is 0.142. The highest BCUT2D eigenvalue weighted by molar-refractivity contribution is 6.13. The molecule has 0 atom stereocenters. The van der Waals surface area contributed by atoms with Gasteiger partial charge in [-0.15, -0.1) is 0 Å². The molecule has 326 valence electrons. The predicted molar refractivity (Wildman–Crippen MR) is 279 cm³/mol. The van der Waals surface area contributed by atoms with Crippen LogP contribution in [-0.4, -0.2) is 34.5 Å². The second kappa shape index (κ2) is 17.4. The van der Waals surface area contributed by atoms with Gasteiger partial charge in [-0.25, -0.2) is 29.9 Å². The van der Waals surface area contributed by atoms with Crippen LogP contribution in [0.5, 0.6) is 0 Å². The molecule has 0 N–H and O–H groups in total. The van der Waals surface area contributed by atoms with E-state index in [1.807, 2.05) is 146 Å². The molecule has 0 radical (unpaired) electrons. The normalized spacial score (nSPS) is 11.9. The smallest absolute Gasteiger partial charge is 0.164 e. The van der Waals surface area contributed by atoms with Gasteiger partial charge >= 0.3 is 0 Å². The number of nitrogens with zero attached hydrogens (tertiary/aromatic N) is 7. The molecular weight excluding hydrogens is 847 g/mol. The van der Waals surface area contributed by atoms with Gasteiger partial charge < -0.3 is 8.98 Å². The molecule has 8 aromatic carbocycles. The van der Waals surface area contributed by atoms with Crippen LogP contribution < -0.4 is 10.6 Å². The van der Waals surface area contributed by atoms with Crippen molar-refractivity contribution in [2.24, 2.45) is 0 Å². The minimum Gasteiger partial charge on any atom is -0.456 e. The Kier molecular flexibility index (Phi) is 10.4. The van der Waals surface area contributed by atoms with Crippen LogP contribution >= 0.6 is 0 Å². The summed E-state index contributed by atoms with van der Waals surface area (Å²) in [5.74, 6) is 3.64. The van der Waals surface area contributed by atoms with Crippen LogP contribution in [0.2, 0.25) is 0 Å². The lowest BCUT2D eigenvalue weighted by atomic mass is 9.99. The maximum atomic E-state index is 6.51. The zero-order chi connectivity index (χ0) is 46.3. The van der Waals surface area contributed by atoms with E-state index in [2.05, 4.69) is 90.0 Å². The molecule has 0 spiro atoms. The van der Waals surface area contributed by atoms with Crippen LogP contribution in [0.15, 0.2) is 217 Å². The Bertz CT molecular complexity index is 3900. The maximum absolute atomic E-state index is 6.51.